The van der Waals surface area contributed by atoms with E-state index in [9.17, 15) is 4.79 Å². The van der Waals surface area contributed by atoms with Gasteiger partial charge in [-0.05, 0) is 36.1 Å². The van der Waals surface area contributed by atoms with Crippen LogP contribution in [0.5, 0.6) is 0 Å². The molecule has 0 saturated carbocycles. The fourth-order valence-electron chi connectivity index (χ4n) is 5.18. The largest absolute Gasteiger partial charge is 0.448 e. The predicted octanol–water partition coefficient (Wildman–Crippen LogP) is 4.26. The highest BCUT2D eigenvalue weighted by Crippen LogP contribution is 2.36. The fraction of sp³-hybridized carbons (Fsp3) is 0.448. The molecule has 40 heavy (non-hydrogen) atoms. The minimum atomic E-state index is -0.253. The Morgan fingerprint density at radius 1 is 1.15 bits per heavy atom. The van der Waals surface area contributed by atoms with Crippen molar-refractivity contribution in [3.05, 3.63) is 65.8 Å². The lowest BCUT2D eigenvalue weighted by atomic mass is 9.87. The molecule has 208 valence electrons. The standard InChI is InChI=1S/C29H34N8O3/c1-29(2,3)27-32-23(16-40-27)24(38)12-18-7-10-37(21-14-39-15-21)13-20-11-19(5-6-22(18)20)26-30-17-31-28(34-26)33-25-8-9-36(4)35-25/h5-6,8-9,11,16-18,21H,7,10,12-15H2,1-4H3,(H,30,31,33,34,35)/t18-/m0/s1. The quantitative estimate of drug-likeness (QED) is 0.339. The molecule has 1 atom stereocenters. The van der Waals surface area contributed by atoms with E-state index in [1.807, 2.05) is 46.1 Å². The van der Waals surface area contributed by atoms with E-state index in [0.29, 0.717) is 41.6 Å². The van der Waals surface area contributed by atoms with Crippen molar-refractivity contribution in [3.63, 3.8) is 0 Å². The SMILES string of the molecule is Cn1ccc(Nc2ncnc(-c3ccc4c(c3)CN(C3COC3)CC[C@H]4CC(=O)c3coc(C(C)(C)C)n3)n2)n1. The maximum Gasteiger partial charge on any atom is 0.231 e. The van der Waals surface area contributed by atoms with Crippen molar-refractivity contribution in [2.45, 2.75) is 57.5 Å². The zero-order valence-electron chi connectivity index (χ0n) is 23.3. The number of rotatable bonds is 7. The first-order chi connectivity index (χ1) is 19.2. The van der Waals surface area contributed by atoms with Crippen LogP contribution in [0.4, 0.5) is 11.8 Å². The van der Waals surface area contributed by atoms with E-state index in [2.05, 4.69) is 47.4 Å². The normalized spacial score (nSPS) is 18.1. The molecule has 6 rings (SSSR count). The van der Waals surface area contributed by atoms with Gasteiger partial charge in [0, 0.05) is 43.3 Å². The van der Waals surface area contributed by atoms with Gasteiger partial charge in [-0.1, -0.05) is 32.9 Å². The number of hydrogen-bond acceptors (Lipinski definition) is 10. The van der Waals surface area contributed by atoms with Crippen LogP contribution in [0.25, 0.3) is 11.4 Å². The summed E-state index contributed by atoms with van der Waals surface area (Å²) in [4.78, 5) is 33.7. The number of Topliss-reactive ketones (excluding diaryl/α,β-unsaturated/α-hetero) is 1. The van der Waals surface area contributed by atoms with Crippen LogP contribution in [-0.2, 0) is 23.7 Å². The number of hydrogen-bond donors (Lipinski definition) is 1. The average Bonchev–Trinajstić information content (AvgIpc) is 3.51. The molecular weight excluding hydrogens is 508 g/mol. The summed E-state index contributed by atoms with van der Waals surface area (Å²) in [6.45, 7) is 9.22. The molecule has 0 aliphatic carbocycles. The van der Waals surface area contributed by atoms with Gasteiger partial charge in [0.1, 0.15) is 18.3 Å². The van der Waals surface area contributed by atoms with Gasteiger partial charge < -0.3 is 14.5 Å². The van der Waals surface area contributed by atoms with Crippen LogP contribution >= 0.6 is 0 Å². The Morgan fingerprint density at radius 3 is 2.70 bits per heavy atom. The highest BCUT2D eigenvalue weighted by atomic mass is 16.5. The number of aromatic nitrogens is 6. The molecule has 11 heteroatoms. The zero-order chi connectivity index (χ0) is 27.9. The van der Waals surface area contributed by atoms with Crippen LogP contribution < -0.4 is 5.32 Å². The summed E-state index contributed by atoms with van der Waals surface area (Å²) in [5, 5.41) is 7.47. The molecule has 1 aromatic carbocycles. The Hall–Kier alpha value is -3.96. The summed E-state index contributed by atoms with van der Waals surface area (Å²) in [5.41, 5.74) is 3.40. The van der Waals surface area contributed by atoms with Gasteiger partial charge >= 0.3 is 0 Å². The second-order valence-electron chi connectivity index (χ2n) is 11.6. The molecule has 2 aliphatic rings. The molecule has 4 aromatic rings. The molecule has 0 spiro atoms. The molecule has 0 unspecified atom stereocenters. The first-order valence-electron chi connectivity index (χ1n) is 13.6. The van der Waals surface area contributed by atoms with Crippen molar-refractivity contribution in [1.29, 1.82) is 0 Å². The van der Waals surface area contributed by atoms with Gasteiger partial charge in [-0.15, -0.1) is 0 Å². The third-order valence-corrected chi connectivity index (χ3v) is 7.50. The number of benzene rings is 1. The van der Waals surface area contributed by atoms with Crippen LogP contribution in [-0.4, -0.2) is 66.2 Å². The van der Waals surface area contributed by atoms with Crippen molar-refractivity contribution in [1.82, 2.24) is 34.6 Å². The molecule has 11 nitrogen and oxygen atoms in total. The molecule has 1 N–H and O–H groups in total. The van der Waals surface area contributed by atoms with Gasteiger partial charge in [0.05, 0.1) is 19.3 Å². The topological polar surface area (TPSA) is 124 Å². The van der Waals surface area contributed by atoms with E-state index < -0.39 is 0 Å². The van der Waals surface area contributed by atoms with E-state index in [4.69, 9.17) is 9.15 Å². The highest BCUT2D eigenvalue weighted by molar-refractivity contribution is 5.94. The van der Waals surface area contributed by atoms with E-state index in [1.54, 1.807) is 4.68 Å². The van der Waals surface area contributed by atoms with Crippen LogP contribution in [0.2, 0.25) is 0 Å². The van der Waals surface area contributed by atoms with Gasteiger partial charge in [0.25, 0.3) is 0 Å². The molecule has 1 saturated heterocycles. The fourth-order valence-corrected chi connectivity index (χ4v) is 5.18. The van der Waals surface area contributed by atoms with Crippen molar-refractivity contribution in [2.75, 3.05) is 25.1 Å². The summed E-state index contributed by atoms with van der Waals surface area (Å²) < 4.78 is 12.8. The number of nitrogens with one attached hydrogen (secondary N) is 1. The summed E-state index contributed by atoms with van der Waals surface area (Å²) in [6, 6.07) is 8.56. The number of fused-ring (bicyclic) bond motifs is 1. The average molecular weight is 543 g/mol. The molecule has 5 heterocycles. The number of ketones is 1. The van der Waals surface area contributed by atoms with Crippen molar-refractivity contribution >= 4 is 17.5 Å². The number of oxazole rings is 1. The van der Waals surface area contributed by atoms with Crippen LogP contribution in [0.15, 0.2) is 47.5 Å². The maximum absolute atomic E-state index is 13.3. The lowest BCUT2D eigenvalue weighted by Crippen LogP contribution is -2.48. The highest BCUT2D eigenvalue weighted by Gasteiger charge is 2.32. The van der Waals surface area contributed by atoms with E-state index >= 15 is 0 Å². The number of ether oxygens (including phenoxy) is 1. The minimum Gasteiger partial charge on any atom is -0.448 e. The predicted molar refractivity (Wildman–Crippen MR) is 148 cm³/mol. The van der Waals surface area contributed by atoms with Crippen LogP contribution in [0.3, 0.4) is 0 Å². The van der Waals surface area contributed by atoms with E-state index in [-0.39, 0.29) is 17.1 Å². The molecular formula is C29H34N8O3. The smallest absolute Gasteiger partial charge is 0.231 e. The molecule has 1 fully saturated rings. The molecule has 0 amide bonds. The summed E-state index contributed by atoms with van der Waals surface area (Å²) in [6.07, 6.45) is 6.11. The lowest BCUT2D eigenvalue weighted by molar-refractivity contribution is -0.0677. The Balaban J connectivity index is 1.28. The number of carbonyl (C=O) groups excluding carboxylic acids is 1. The van der Waals surface area contributed by atoms with Crippen LogP contribution in [0, 0.1) is 0 Å². The van der Waals surface area contributed by atoms with E-state index in [0.717, 1.165) is 38.3 Å². The third-order valence-electron chi connectivity index (χ3n) is 7.50. The molecule has 0 radical (unpaired) electrons. The molecule has 3 aromatic heterocycles. The first kappa shape index (κ1) is 26.3. The maximum atomic E-state index is 13.3. The number of carbonyl (C=O) groups is 1. The monoisotopic (exact) mass is 542 g/mol. The van der Waals surface area contributed by atoms with Crippen LogP contribution in [0.1, 0.15) is 67.0 Å². The second kappa shape index (κ2) is 10.5. The number of anilines is 2. The van der Waals surface area contributed by atoms with Gasteiger partial charge in [0.2, 0.25) is 5.95 Å². The number of nitrogens with zero attached hydrogens (tertiary/aromatic N) is 7. The lowest BCUT2D eigenvalue weighted by Gasteiger charge is -2.36. The first-order valence-corrected chi connectivity index (χ1v) is 13.6. The number of aryl methyl sites for hydroxylation is 1. The van der Waals surface area contributed by atoms with Crippen molar-refractivity contribution in [2.24, 2.45) is 7.05 Å². The van der Waals surface area contributed by atoms with Crippen molar-refractivity contribution < 1.29 is 13.9 Å². The summed E-state index contributed by atoms with van der Waals surface area (Å²) in [7, 11) is 1.86. The zero-order valence-corrected chi connectivity index (χ0v) is 23.3. The molecule has 0 bridgehead atoms. The Labute approximate surface area is 233 Å². The van der Waals surface area contributed by atoms with Gasteiger partial charge in [-0.3, -0.25) is 14.4 Å². The van der Waals surface area contributed by atoms with E-state index in [1.165, 1.54) is 23.7 Å². The Kier molecular flexibility index (Phi) is 6.93. The van der Waals surface area contributed by atoms with Gasteiger partial charge in [0.15, 0.2) is 23.3 Å². The third kappa shape index (κ3) is 5.52. The van der Waals surface area contributed by atoms with Crippen molar-refractivity contribution in [3.8, 4) is 11.4 Å². The molecule has 2 aliphatic heterocycles. The second-order valence-corrected chi connectivity index (χ2v) is 11.6. The van der Waals surface area contributed by atoms with Gasteiger partial charge in [-0.25, -0.2) is 15.0 Å². The Bertz CT molecular complexity index is 1520. The minimum absolute atomic E-state index is 0.00223. The van der Waals surface area contributed by atoms with Gasteiger partial charge in [-0.2, -0.15) is 10.1 Å². The summed E-state index contributed by atoms with van der Waals surface area (Å²) in [5.74, 6) is 2.31. The Morgan fingerprint density at radius 2 is 2.00 bits per heavy atom. The summed E-state index contributed by atoms with van der Waals surface area (Å²) >= 11 is 0.